The van der Waals surface area contributed by atoms with E-state index in [0.29, 0.717) is 24.9 Å². The number of hydrogen-bond donors (Lipinski definition) is 3. The Kier molecular flexibility index (Phi) is 11.6. The molecule has 0 aliphatic carbocycles. The highest BCUT2D eigenvalue weighted by atomic mass is 19.1. The molecule has 2 saturated heterocycles. The standard InChI is InChI=1S/C33H43F2N5O7/c1-5-24-11-10-23-9-8-22(15-26(23)38-24)12-13-32(18-45-33(16-34,17-35)46-19-32)31(44)47-27(20(2)3)29(42)37-21(4)30(43)40-14-6-7-25(39-40)28(36)41/h8-13,15,20-21,25,27,39H,5-7,14,16-19H2,1-4H3,(H2,36,41)(H,37,42)/b13-12+/t21-,25-,27?/m0/s1. The monoisotopic (exact) mass is 659 g/mol. The second-order valence-corrected chi connectivity index (χ2v) is 12.4. The zero-order chi connectivity index (χ0) is 34.4. The molecule has 4 rings (SSSR count). The van der Waals surface area contributed by atoms with Crippen LogP contribution < -0.4 is 16.5 Å². The number of nitrogens with zero attached hydrogens (tertiary/aromatic N) is 2. The highest BCUT2D eigenvalue weighted by Crippen LogP contribution is 2.35. The molecule has 2 aliphatic rings. The summed E-state index contributed by atoms with van der Waals surface area (Å²) < 4.78 is 44.1. The third-order valence-electron chi connectivity index (χ3n) is 8.35. The molecule has 47 heavy (non-hydrogen) atoms. The Labute approximate surface area is 272 Å². The number of aromatic nitrogens is 1. The van der Waals surface area contributed by atoms with E-state index in [9.17, 15) is 28.0 Å². The van der Waals surface area contributed by atoms with E-state index in [-0.39, 0.29) is 0 Å². The lowest BCUT2D eigenvalue weighted by Crippen LogP contribution is -2.61. The first kappa shape index (κ1) is 35.8. The fourth-order valence-corrected chi connectivity index (χ4v) is 5.28. The Morgan fingerprint density at radius 1 is 1.15 bits per heavy atom. The summed E-state index contributed by atoms with van der Waals surface area (Å²) in [5.41, 5.74) is 8.84. The van der Waals surface area contributed by atoms with Crippen LogP contribution in [0.1, 0.15) is 51.8 Å². The molecule has 0 bridgehead atoms. The number of amides is 3. The number of ether oxygens (including phenoxy) is 3. The predicted octanol–water partition coefficient (Wildman–Crippen LogP) is 2.53. The van der Waals surface area contributed by atoms with Crippen molar-refractivity contribution in [3.8, 4) is 0 Å². The maximum Gasteiger partial charge on any atom is 0.321 e. The van der Waals surface area contributed by atoms with Gasteiger partial charge in [-0.25, -0.2) is 14.2 Å². The number of nitrogens with two attached hydrogens (primary N) is 1. The van der Waals surface area contributed by atoms with E-state index in [0.717, 1.165) is 23.0 Å². The van der Waals surface area contributed by atoms with Crippen molar-refractivity contribution in [1.82, 2.24) is 20.7 Å². The number of hydrazine groups is 1. The van der Waals surface area contributed by atoms with E-state index in [1.165, 1.54) is 18.0 Å². The summed E-state index contributed by atoms with van der Waals surface area (Å²) in [5, 5.41) is 4.76. The molecule has 1 aromatic heterocycles. The Bertz CT molecular complexity index is 1490. The molecule has 4 N–H and O–H groups in total. The molecular weight excluding hydrogens is 616 g/mol. The number of carbonyl (C=O) groups is 4. The fraction of sp³-hybridized carbons (Fsp3) is 0.545. The van der Waals surface area contributed by atoms with Crippen LogP contribution in [0.15, 0.2) is 36.4 Å². The van der Waals surface area contributed by atoms with E-state index in [2.05, 4.69) is 15.7 Å². The van der Waals surface area contributed by atoms with Gasteiger partial charge in [0.25, 0.3) is 11.8 Å². The minimum atomic E-state index is -2.15. The average molecular weight is 660 g/mol. The number of benzene rings is 1. The Morgan fingerprint density at radius 3 is 2.45 bits per heavy atom. The Hall–Kier alpha value is -4.01. The van der Waals surface area contributed by atoms with Crippen LogP contribution in [0, 0.1) is 11.3 Å². The summed E-state index contributed by atoms with van der Waals surface area (Å²) in [6, 6.07) is 7.72. The number of rotatable bonds is 12. The normalized spacial score (nSPS) is 20.6. The van der Waals surface area contributed by atoms with Gasteiger partial charge >= 0.3 is 5.97 Å². The topological polar surface area (TPSA) is 162 Å². The number of pyridine rings is 1. The molecule has 2 aliphatic heterocycles. The summed E-state index contributed by atoms with van der Waals surface area (Å²) in [5.74, 6) is -5.43. The van der Waals surface area contributed by atoms with Gasteiger partial charge in [-0.3, -0.25) is 29.2 Å². The van der Waals surface area contributed by atoms with Crippen LogP contribution in [0.4, 0.5) is 8.78 Å². The van der Waals surface area contributed by atoms with Crippen LogP contribution in [-0.2, 0) is 39.8 Å². The Morgan fingerprint density at radius 2 is 1.83 bits per heavy atom. The van der Waals surface area contributed by atoms with Gasteiger partial charge in [-0.2, -0.15) is 0 Å². The first-order chi connectivity index (χ1) is 22.4. The molecule has 14 heteroatoms. The summed E-state index contributed by atoms with van der Waals surface area (Å²) in [6.07, 6.45) is 3.56. The van der Waals surface area contributed by atoms with Crippen molar-refractivity contribution in [3.05, 3.63) is 47.7 Å². The summed E-state index contributed by atoms with van der Waals surface area (Å²) >= 11 is 0. The fourth-order valence-electron chi connectivity index (χ4n) is 5.28. The lowest BCUT2D eigenvalue weighted by atomic mass is 9.87. The third-order valence-corrected chi connectivity index (χ3v) is 8.35. The minimum Gasteiger partial charge on any atom is -0.451 e. The van der Waals surface area contributed by atoms with E-state index >= 15 is 0 Å². The van der Waals surface area contributed by atoms with E-state index in [4.69, 9.17) is 19.9 Å². The highest BCUT2D eigenvalue weighted by molar-refractivity contribution is 5.91. The van der Waals surface area contributed by atoms with E-state index in [1.807, 2.05) is 37.3 Å². The number of carbonyl (C=O) groups excluding carboxylic acids is 4. The van der Waals surface area contributed by atoms with Crippen molar-refractivity contribution in [2.45, 2.75) is 70.9 Å². The van der Waals surface area contributed by atoms with Gasteiger partial charge in [0.05, 0.1) is 18.7 Å². The number of hydrogen-bond acceptors (Lipinski definition) is 9. The molecule has 2 fully saturated rings. The van der Waals surface area contributed by atoms with Gasteiger partial charge in [-0.05, 0) is 49.8 Å². The van der Waals surface area contributed by atoms with Crippen molar-refractivity contribution < 1.29 is 42.2 Å². The molecule has 1 unspecified atom stereocenters. The summed E-state index contributed by atoms with van der Waals surface area (Å²) in [7, 11) is 0. The minimum absolute atomic E-state index is 0.312. The largest absolute Gasteiger partial charge is 0.451 e. The second-order valence-electron chi connectivity index (χ2n) is 12.4. The van der Waals surface area contributed by atoms with Crippen molar-refractivity contribution in [2.75, 3.05) is 33.1 Å². The van der Waals surface area contributed by atoms with Gasteiger partial charge in [-0.1, -0.05) is 51.1 Å². The first-order valence-corrected chi connectivity index (χ1v) is 15.7. The molecule has 256 valence electrons. The van der Waals surface area contributed by atoms with Crippen LogP contribution >= 0.6 is 0 Å². The molecule has 3 amide bonds. The molecule has 0 radical (unpaired) electrons. The van der Waals surface area contributed by atoms with Crippen LogP contribution in [-0.4, -0.2) is 90.8 Å². The first-order valence-electron chi connectivity index (χ1n) is 15.7. The number of aryl methyl sites for hydroxylation is 1. The quantitative estimate of drug-likeness (QED) is 0.291. The Balaban J connectivity index is 1.54. The van der Waals surface area contributed by atoms with Crippen LogP contribution in [0.2, 0.25) is 0 Å². The maximum atomic E-state index is 13.9. The molecular formula is C33H43F2N5O7. The number of halogens is 2. The molecule has 3 atom stereocenters. The molecule has 12 nitrogen and oxygen atoms in total. The SMILES string of the molecule is CCc1ccc2ccc(/C=C/C3(C(=O)OC(C(=O)N[C@@H](C)C(=O)N4CCC[C@@H](C(N)=O)N4)C(C)C)COC(CF)(CF)OC3)cc2n1. The van der Waals surface area contributed by atoms with Gasteiger partial charge in [0.15, 0.2) is 6.10 Å². The average Bonchev–Trinajstić information content (AvgIpc) is 3.08. The zero-order valence-corrected chi connectivity index (χ0v) is 27.1. The smallest absolute Gasteiger partial charge is 0.321 e. The number of primary amides is 1. The van der Waals surface area contributed by atoms with Gasteiger partial charge in [0.2, 0.25) is 11.7 Å². The predicted molar refractivity (Wildman–Crippen MR) is 169 cm³/mol. The summed E-state index contributed by atoms with van der Waals surface area (Å²) in [6.45, 7) is 3.59. The molecule has 0 spiro atoms. The molecule has 0 saturated carbocycles. The number of esters is 1. The number of alkyl halides is 2. The zero-order valence-electron chi connectivity index (χ0n) is 27.1. The van der Waals surface area contributed by atoms with Crippen molar-refractivity contribution in [2.24, 2.45) is 17.1 Å². The van der Waals surface area contributed by atoms with Gasteiger partial charge < -0.3 is 25.3 Å². The summed E-state index contributed by atoms with van der Waals surface area (Å²) in [4.78, 5) is 56.6. The number of nitrogens with one attached hydrogen (secondary N) is 2. The van der Waals surface area contributed by atoms with E-state index < -0.39 is 85.6 Å². The second kappa shape index (κ2) is 15.3. The van der Waals surface area contributed by atoms with Crippen LogP contribution in [0.25, 0.3) is 17.0 Å². The van der Waals surface area contributed by atoms with Crippen molar-refractivity contribution in [3.63, 3.8) is 0 Å². The van der Waals surface area contributed by atoms with Gasteiger partial charge in [0, 0.05) is 17.6 Å². The van der Waals surface area contributed by atoms with Crippen molar-refractivity contribution in [1.29, 1.82) is 0 Å². The number of fused-ring (bicyclic) bond motifs is 1. The van der Waals surface area contributed by atoms with Crippen LogP contribution in [0.5, 0.6) is 0 Å². The molecule has 1 aromatic carbocycles. The molecule has 3 heterocycles. The van der Waals surface area contributed by atoms with Gasteiger partial charge in [-0.15, -0.1) is 0 Å². The van der Waals surface area contributed by atoms with Crippen molar-refractivity contribution >= 4 is 40.7 Å². The lowest BCUT2D eigenvalue weighted by molar-refractivity contribution is -0.305. The molecule has 2 aromatic rings. The lowest BCUT2D eigenvalue weighted by Gasteiger charge is -2.41. The third kappa shape index (κ3) is 8.29. The van der Waals surface area contributed by atoms with E-state index in [1.54, 1.807) is 19.9 Å². The van der Waals surface area contributed by atoms with Gasteiger partial charge in [0.1, 0.15) is 30.8 Å². The maximum absolute atomic E-state index is 13.9. The highest BCUT2D eigenvalue weighted by Gasteiger charge is 2.50. The van der Waals surface area contributed by atoms with Crippen LogP contribution in [0.3, 0.4) is 0 Å².